The van der Waals surface area contributed by atoms with Gasteiger partial charge in [0, 0.05) is 5.92 Å². The Morgan fingerprint density at radius 3 is 2.28 bits per heavy atom. The fourth-order valence-electron chi connectivity index (χ4n) is 1.98. The molecule has 1 amide bonds. The standard InChI is InChI=1S/C12H22N2O3.ClH/c1-8(2)10(12(16)17-3)14-11(15)9-4-6-13-7-5-9;/h8-10,13H,4-7H2,1-3H3,(H,14,15);1H. The van der Waals surface area contributed by atoms with Crippen molar-refractivity contribution in [3.8, 4) is 0 Å². The average molecular weight is 279 g/mol. The lowest BCUT2D eigenvalue weighted by molar-refractivity contribution is -0.147. The molecule has 106 valence electrons. The predicted molar refractivity (Wildman–Crippen MR) is 71.6 cm³/mol. The largest absolute Gasteiger partial charge is 0.467 e. The second-order valence-corrected chi connectivity index (χ2v) is 4.78. The Morgan fingerprint density at radius 2 is 1.83 bits per heavy atom. The highest BCUT2D eigenvalue weighted by molar-refractivity contribution is 5.86. The zero-order chi connectivity index (χ0) is 12.8. The molecular weight excluding hydrogens is 256 g/mol. The van der Waals surface area contributed by atoms with Crippen LogP contribution >= 0.6 is 12.4 Å². The topological polar surface area (TPSA) is 67.4 Å². The minimum atomic E-state index is -0.539. The summed E-state index contributed by atoms with van der Waals surface area (Å²) in [7, 11) is 1.34. The van der Waals surface area contributed by atoms with Crippen LogP contribution in [0.2, 0.25) is 0 Å². The molecule has 1 aliphatic rings. The second-order valence-electron chi connectivity index (χ2n) is 4.78. The maximum Gasteiger partial charge on any atom is 0.328 e. The van der Waals surface area contributed by atoms with Gasteiger partial charge in [0.1, 0.15) is 6.04 Å². The van der Waals surface area contributed by atoms with E-state index < -0.39 is 6.04 Å². The van der Waals surface area contributed by atoms with Crippen LogP contribution in [0, 0.1) is 11.8 Å². The highest BCUT2D eigenvalue weighted by Gasteiger charge is 2.28. The summed E-state index contributed by atoms with van der Waals surface area (Å²) in [6.45, 7) is 5.51. The summed E-state index contributed by atoms with van der Waals surface area (Å²) in [6, 6.07) is -0.539. The number of carbonyl (C=O) groups is 2. The Labute approximate surface area is 114 Å². The SMILES string of the molecule is COC(=O)C(NC(=O)C1CCNCC1)C(C)C.Cl. The summed E-state index contributed by atoms with van der Waals surface area (Å²) in [6.07, 6.45) is 1.66. The van der Waals surface area contributed by atoms with Crippen LogP contribution < -0.4 is 10.6 Å². The average Bonchev–Trinajstić information content (AvgIpc) is 2.35. The fraction of sp³-hybridized carbons (Fsp3) is 0.833. The summed E-state index contributed by atoms with van der Waals surface area (Å²) in [5.41, 5.74) is 0. The van der Waals surface area contributed by atoms with E-state index in [1.54, 1.807) is 0 Å². The molecule has 1 saturated heterocycles. The number of rotatable bonds is 4. The van der Waals surface area contributed by atoms with Gasteiger partial charge in [0.25, 0.3) is 0 Å². The van der Waals surface area contributed by atoms with Gasteiger partial charge in [-0.3, -0.25) is 4.79 Å². The van der Waals surface area contributed by atoms with Crippen LogP contribution in [0.4, 0.5) is 0 Å². The van der Waals surface area contributed by atoms with E-state index in [2.05, 4.69) is 10.6 Å². The van der Waals surface area contributed by atoms with Crippen molar-refractivity contribution in [2.24, 2.45) is 11.8 Å². The zero-order valence-electron chi connectivity index (χ0n) is 11.2. The van der Waals surface area contributed by atoms with Crippen molar-refractivity contribution >= 4 is 24.3 Å². The molecule has 1 atom stereocenters. The number of hydrogen-bond donors (Lipinski definition) is 2. The van der Waals surface area contributed by atoms with Crippen LogP contribution in [0.25, 0.3) is 0 Å². The Balaban J connectivity index is 0.00000289. The Kier molecular flexibility index (Phi) is 7.95. The third-order valence-electron chi connectivity index (χ3n) is 3.13. The van der Waals surface area contributed by atoms with E-state index in [1.165, 1.54) is 7.11 Å². The molecule has 1 fully saturated rings. The molecule has 0 radical (unpaired) electrons. The number of hydrogen-bond acceptors (Lipinski definition) is 4. The van der Waals surface area contributed by atoms with E-state index in [1.807, 2.05) is 13.8 Å². The summed E-state index contributed by atoms with van der Waals surface area (Å²) in [4.78, 5) is 23.5. The number of nitrogens with one attached hydrogen (secondary N) is 2. The Bertz CT molecular complexity index is 278. The number of carbonyl (C=O) groups excluding carboxylic acids is 2. The van der Waals surface area contributed by atoms with Gasteiger partial charge in [0.15, 0.2) is 0 Å². The van der Waals surface area contributed by atoms with Crippen molar-refractivity contribution in [2.75, 3.05) is 20.2 Å². The third kappa shape index (κ3) is 4.82. The van der Waals surface area contributed by atoms with Crippen LogP contribution in [0.1, 0.15) is 26.7 Å². The predicted octanol–water partition coefficient (Wildman–Crippen LogP) is 0.722. The summed E-state index contributed by atoms with van der Waals surface area (Å²) < 4.78 is 4.70. The number of piperidine rings is 1. The lowest BCUT2D eigenvalue weighted by atomic mass is 9.95. The summed E-state index contributed by atoms with van der Waals surface area (Å²) in [5, 5.41) is 6.00. The molecule has 0 aromatic rings. The first-order valence-corrected chi connectivity index (χ1v) is 6.15. The first-order valence-electron chi connectivity index (χ1n) is 6.15. The van der Waals surface area contributed by atoms with Gasteiger partial charge in [0.05, 0.1) is 7.11 Å². The van der Waals surface area contributed by atoms with Gasteiger partial charge in [0.2, 0.25) is 5.91 Å². The number of halogens is 1. The second kappa shape index (κ2) is 8.32. The molecule has 1 rings (SSSR count). The van der Waals surface area contributed by atoms with Gasteiger partial charge < -0.3 is 15.4 Å². The normalized spacial score (nSPS) is 17.8. The highest BCUT2D eigenvalue weighted by Crippen LogP contribution is 2.13. The van der Waals surface area contributed by atoms with Crippen LogP contribution in [-0.2, 0) is 14.3 Å². The monoisotopic (exact) mass is 278 g/mol. The molecule has 0 bridgehead atoms. The van der Waals surface area contributed by atoms with Crippen molar-refractivity contribution in [3.63, 3.8) is 0 Å². The molecule has 0 saturated carbocycles. The van der Waals surface area contributed by atoms with E-state index in [9.17, 15) is 9.59 Å². The van der Waals surface area contributed by atoms with E-state index in [0.29, 0.717) is 0 Å². The van der Waals surface area contributed by atoms with Crippen molar-refractivity contribution < 1.29 is 14.3 Å². The number of amides is 1. The van der Waals surface area contributed by atoms with Gasteiger partial charge in [-0.15, -0.1) is 12.4 Å². The molecule has 1 unspecified atom stereocenters. The molecule has 18 heavy (non-hydrogen) atoms. The van der Waals surface area contributed by atoms with E-state index in [0.717, 1.165) is 25.9 Å². The lowest BCUT2D eigenvalue weighted by Crippen LogP contribution is -2.48. The van der Waals surface area contributed by atoms with Gasteiger partial charge in [-0.25, -0.2) is 4.79 Å². The molecule has 0 aromatic carbocycles. The molecule has 6 heteroatoms. The molecule has 1 aliphatic heterocycles. The summed E-state index contributed by atoms with van der Waals surface area (Å²) >= 11 is 0. The molecule has 0 spiro atoms. The smallest absolute Gasteiger partial charge is 0.328 e. The van der Waals surface area contributed by atoms with Crippen molar-refractivity contribution in [2.45, 2.75) is 32.7 Å². The zero-order valence-corrected chi connectivity index (χ0v) is 12.0. The minimum Gasteiger partial charge on any atom is -0.467 e. The molecule has 2 N–H and O–H groups in total. The van der Waals surface area contributed by atoms with E-state index in [-0.39, 0.29) is 36.1 Å². The molecule has 1 heterocycles. The van der Waals surface area contributed by atoms with Crippen molar-refractivity contribution in [3.05, 3.63) is 0 Å². The van der Waals surface area contributed by atoms with Crippen LogP contribution in [0.3, 0.4) is 0 Å². The van der Waals surface area contributed by atoms with Crippen molar-refractivity contribution in [1.82, 2.24) is 10.6 Å². The van der Waals surface area contributed by atoms with E-state index in [4.69, 9.17) is 4.74 Å². The van der Waals surface area contributed by atoms with Crippen LogP contribution in [0.15, 0.2) is 0 Å². The number of esters is 1. The van der Waals surface area contributed by atoms with Crippen LogP contribution in [0.5, 0.6) is 0 Å². The highest BCUT2D eigenvalue weighted by atomic mass is 35.5. The molecular formula is C12H23ClN2O3. The molecule has 0 aromatic heterocycles. The van der Waals surface area contributed by atoms with E-state index >= 15 is 0 Å². The summed E-state index contributed by atoms with van der Waals surface area (Å²) in [5.74, 6) is -0.354. The molecule has 0 aliphatic carbocycles. The Morgan fingerprint density at radius 1 is 1.28 bits per heavy atom. The third-order valence-corrected chi connectivity index (χ3v) is 3.13. The van der Waals surface area contributed by atoms with Gasteiger partial charge in [-0.2, -0.15) is 0 Å². The maximum absolute atomic E-state index is 12.0. The fourth-order valence-corrected chi connectivity index (χ4v) is 1.98. The maximum atomic E-state index is 12.0. The van der Waals surface area contributed by atoms with Crippen molar-refractivity contribution in [1.29, 1.82) is 0 Å². The van der Waals surface area contributed by atoms with Gasteiger partial charge >= 0.3 is 5.97 Å². The van der Waals surface area contributed by atoms with Gasteiger partial charge in [-0.1, -0.05) is 13.8 Å². The quantitative estimate of drug-likeness (QED) is 0.744. The first kappa shape index (κ1) is 17.2. The first-order chi connectivity index (χ1) is 8.06. The molecule has 5 nitrogen and oxygen atoms in total. The minimum absolute atomic E-state index is 0. The number of methoxy groups -OCH3 is 1. The Hall–Kier alpha value is -0.810. The van der Waals surface area contributed by atoms with Gasteiger partial charge in [-0.05, 0) is 31.8 Å². The van der Waals surface area contributed by atoms with Crippen LogP contribution in [-0.4, -0.2) is 38.1 Å². The lowest BCUT2D eigenvalue weighted by Gasteiger charge is -2.25. The number of ether oxygens (including phenoxy) is 1.